The van der Waals surface area contributed by atoms with E-state index in [1.807, 2.05) is 18.2 Å². The minimum atomic E-state index is -0.284. The van der Waals surface area contributed by atoms with Gasteiger partial charge in [-0.05, 0) is 36.4 Å². The van der Waals surface area contributed by atoms with Gasteiger partial charge in [-0.1, -0.05) is 6.07 Å². The van der Waals surface area contributed by atoms with E-state index in [1.165, 1.54) is 26.0 Å². The molecule has 0 heterocycles. The van der Waals surface area contributed by atoms with Crippen molar-refractivity contribution in [3.63, 3.8) is 0 Å². The van der Waals surface area contributed by atoms with Gasteiger partial charge in [-0.25, -0.2) is 0 Å². The minimum Gasteiger partial charge on any atom is -0.497 e. The summed E-state index contributed by atoms with van der Waals surface area (Å²) in [4.78, 5) is 25.9. The molecule has 0 unspecified atom stereocenters. The van der Waals surface area contributed by atoms with Crippen molar-refractivity contribution in [2.24, 2.45) is 0 Å². The molecule has 2 amide bonds. The van der Waals surface area contributed by atoms with Crippen molar-refractivity contribution < 1.29 is 28.5 Å². The van der Waals surface area contributed by atoms with Crippen molar-refractivity contribution in [3.05, 3.63) is 66.2 Å². The van der Waals surface area contributed by atoms with E-state index >= 15 is 0 Å². The average Bonchev–Trinajstić information content (AvgIpc) is 2.86. The minimum absolute atomic E-state index is 0.180. The van der Waals surface area contributed by atoms with E-state index < -0.39 is 0 Å². The van der Waals surface area contributed by atoms with Crippen molar-refractivity contribution in [2.45, 2.75) is 4.90 Å². The lowest BCUT2D eigenvalue weighted by Crippen LogP contribution is -2.14. The van der Waals surface area contributed by atoms with E-state index in [1.54, 1.807) is 56.7 Å². The van der Waals surface area contributed by atoms with Crippen LogP contribution in [-0.2, 0) is 4.79 Å². The van der Waals surface area contributed by atoms with Crippen LogP contribution in [-0.4, -0.2) is 46.0 Å². The highest BCUT2D eigenvalue weighted by atomic mass is 32.2. The third kappa shape index (κ3) is 6.58. The summed E-state index contributed by atoms with van der Waals surface area (Å²) >= 11 is 1.35. The van der Waals surface area contributed by atoms with E-state index in [-0.39, 0.29) is 17.6 Å². The molecule has 0 aromatic heterocycles. The molecule has 3 aromatic rings. The average molecular weight is 483 g/mol. The van der Waals surface area contributed by atoms with Crippen molar-refractivity contribution in [1.29, 1.82) is 0 Å². The fourth-order valence-electron chi connectivity index (χ4n) is 3.07. The van der Waals surface area contributed by atoms with Crippen LogP contribution in [0.2, 0.25) is 0 Å². The summed E-state index contributed by atoms with van der Waals surface area (Å²) in [7, 11) is 6.15. The Balaban J connectivity index is 1.60. The number of hydrogen-bond donors (Lipinski definition) is 2. The molecule has 0 aliphatic carbocycles. The first kappa shape index (κ1) is 24.8. The summed E-state index contributed by atoms with van der Waals surface area (Å²) in [5, 5.41) is 5.70. The molecule has 3 rings (SSSR count). The van der Waals surface area contributed by atoms with Crippen LogP contribution in [0, 0.1) is 0 Å². The summed E-state index contributed by atoms with van der Waals surface area (Å²) < 4.78 is 20.9. The number of thioether (sulfide) groups is 1. The second kappa shape index (κ2) is 11.9. The summed E-state index contributed by atoms with van der Waals surface area (Å²) in [5.41, 5.74) is 1.63. The number of benzene rings is 3. The Morgan fingerprint density at radius 1 is 0.735 bits per heavy atom. The van der Waals surface area contributed by atoms with Crippen LogP contribution >= 0.6 is 11.8 Å². The Morgan fingerprint density at radius 2 is 1.44 bits per heavy atom. The molecule has 0 fully saturated rings. The van der Waals surface area contributed by atoms with Crippen LogP contribution in [0.5, 0.6) is 23.0 Å². The highest BCUT2D eigenvalue weighted by molar-refractivity contribution is 8.00. The second-order valence-corrected chi connectivity index (χ2v) is 8.04. The molecule has 3 aromatic carbocycles. The number of ether oxygens (including phenoxy) is 4. The standard InChI is InChI=1S/C25H26N2O6S/c1-30-19-11-18(12-20(14-19)31-2)26-24(28)15-34-21-7-5-6-17(13-21)27-25(29)16-8-9-22(32-3)23(10-16)33-4/h5-14H,15H2,1-4H3,(H,26,28)(H,27,29). The molecule has 0 atom stereocenters. The number of methoxy groups -OCH3 is 4. The molecule has 9 heteroatoms. The zero-order chi connectivity index (χ0) is 24.5. The van der Waals surface area contributed by atoms with Crippen LogP contribution in [0.4, 0.5) is 11.4 Å². The molecule has 178 valence electrons. The molecule has 8 nitrogen and oxygen atoms in total. The Bertz CT molecular complexity index is 1150. The lowest BCUT2D eigenvalue weighted by atomic mass is 10.2. The number of carbonyl (C=O) groups is 2. The molecule has 0 saturated carbocycles. The SMILES string of the molecule is COc1cc(NC(=O)CSc2cccc(NC(=O)c3ccc(OC)c(OC)c3)c2)cc(OC)c1. The van der Waals surface area contributed by atoms with Gasteiger partial charge < -0.3 is 29.6 Å². The summed E-state index contributed by atoms with van der Waals surface area (Å²) in [6.07, 6.45) is 0. The first-order valence-corrected chi connectivity index (χ1v) is 11.2. The van der Waals surface area contributed by atoms with Crippen molar-refractivity contribution in [2.75, 3.05) is 44.8 Å². The normalized spacial score (nSPS) is 10.2. The van der Waals surface area contributed by atoms with Gasteiger partial charge >= 0.3 is 0 Å². The van der Waals surface area contributed by atoms with Crippen LogP contribution in [0.1, 0.15) is 10.4 Å². The van der Waals surface area contributed by atoms with Gasteiger partial charge in [0.2, 0.25) is 5.91 Å². The van der Waals surface area contributed by atoms with Crippen LogP contribution in [0.3, 0.4) is 0 Å². The molecular formula is C25H26N2O6S. The van der Waals surface area contributed by atoms with Crippen LogP contribution in [0.15, 0.2) is 65.6 Å². The fraction of sp³-hybridized carbons (Fsp3) is 0.200. The summed E-state index contributed by atoms with van der Waals surface area (Å²) in [6.45, 7) is 0. The van der Waals surface area contributed by atoms with E-state index in [9.17, 15) is 9.59 Å². The molecular weight excluding hydrogens is 456 g/mol. The maximum Gasteiger partial charge on any atom is 0.255 e. The molecule has 0 aliphatic heterocycles. The maximum atomic E-state index is 12.7. The number of carbonyl (C=O) groups excluding carboxylic acids is 2. The number of rotatable bonds is 10. The van der Waals surface area contributed by atoms with E-state index in [0.717, 1.165) is 4.90 Å². The first-order chi connectivity index (χ1) is 16.4. The Hall–Kier alpha value is -3.85. The third-order valence-electron chi connectivity index (χ3n) is 4.74. The zero-order valence-corrected chi connectivity index (χ0v) is 20.2. The molecule has 0 aliphatic rings. The maximum absolute atomic E-state index is 12.7. The number of anilines is 2. The lowest BCUT2D eigenvalue weighted by molar-refractivity contribution is -0.113. The fourth-order valence-corrected chi connectivity index (χ4v) is 3.82. The van der Waals surface area contributed by atoms with Crippen molar-refractivity contribution in [3.8, 4) is 23.0 Å². The highest BCUT2D eigenvalue weighted by Gasteiger charge is 2.12. The third-order valence-corrected chi connectivity index (χ3v) is 5.74. The Morgan fingerprint density at radius 3 is 2.09 bits per heavy atom. The molecule has 34 heavy (non-hydrogen) atoms. The summed E-state index contributed by atoms with van der Waals surface area (Å²) in [6, 6.07) is 17.4. The monoisotopic (exact) mass is 482 g/mol. The molecule has 0 radical (unpaired) electrons. The predicted octanol–water partition coefficient (Wildman–Crippen LogP) is 4.70. The lowest BCUT2D eigenvalue weighted by Gasteiger charge is -2.11. The first-order valence-electron chi connectivity index (χ1n) is 10.2. The molecule has 0 bridgehead atoms. The van der Waals surface area contributed by atoms with Crippen LogP contribution < -0.4 is 29.6 Å². The van der Waals surface area contributed by atoms with E-state index in [0.29, 0.717) is 39.9 Å². The highest BCUT2D eigenvalue weighted by Crippen LogP contribution is 2.29. The van der Waals surface area contributed by atoms with Gasteiger partial charge in [-0.3, -0.25) is 9.59 Å². The number of amides is 2. The van der Waals surface area contributed by atoms with Gasteiger partial charge in [0.1, 0.15) is 11.5 Å². The zero-order valence-electron chi connectivity index (χ0n) is 19.3. The number of hydrogen-bond acceptors (Lipinski definition) is 7. The summed E-state index contributed by atoms with van der Waals surface area (Å²) in [5.74, 6) is 1.91. The van der Waals surface area contributed by atoms with Gasteiger partial charge in [-0.2, -0.15) is 0 Å². The van der Waals surface area contributed by atoms with Gasteiger partial charge in [0.25, 0.3) is 5.91 Å². The quantitative estimate of drug-likeness (QED) is 0.404. The topological polar surface area (TPSA) is 95.1 Å². The van der Waals surface area contributed by atoms with Gasteiger partial charge in [0, 0.05) is 40.0 Å². The number of nitrogens with one attached hydrogen (secondary N) is 2. The Labute approximate surface area is 202 Å². The smallest absolute Gasteiger partial charge is 0.255 e. The second-order valence-electron chi connectivity index (χ2n) is 6.99. The molecule has 0 spiro atoms. The molecule has 0 saturated heterocycles. The Kier molecular flexibility index (Phi) is 8.64. The van der Waals surface area contributed by atoms with Gasteiger partial charge in [0.05, 0.1) is 34.2 Å². The van der Waals surface area contributed by atoms with Crippen molar-refractivity contribution in [1.82, 2.24) is 0 Å². The van der Waals surface area contributed by atoms with Gasteiger partial charge in [-0.15, -0.1) is 11.8 Å². The van der Waals surface area contributed by atoms with E-state index in [2.05, 4.69) is 10.6 Å². The predicted molar refractivity (Wildman–Crippen MR) is 133 cm³/mol. The van der Waals surface area contributed by atoms with E-state index in [4.69, 9.17) is 18.9 Å². The largest absolute Gasteiger partial charge is 0.497 e. The van der Waals surface area contributed by atoms with Gasteiger partial charge in [0.15, 0.2) is 11.5 Å². The van der Waals surface area contributed by atoms with Crippen LogP contribution in [0.25, 0.3) is 0 Å². The van der Waals surface area contributed by atoms with Crippen molar-refractivity contribution >= 4 is 35.0 Å². The molecule has 2 N–H and O–H groups in total.